The van der Waals surface area contributed by atoms with Crippen molar-refractivity contribution in [2.75, 3.05) is 7.05 Å². The van der Waals surface area contributed by atoms with Crippen LogP contribution in [-0.4, -0.2) is 17.5 Å². The van der Waals surface area contributed by atoms with Crippen LogP contribution in [0, 0.1) is 0 Å². The van der Waals surface area contributed by atoms with Gasteiger partial charge in [0.05, 0.1) is 12.3 Å². The molecule has 0 rings (SSSR count). The van der Waals surface area contributed by atoms with Crippen LogP contribution in [0.2, 0.25) is 0 Å². The molecule has 1 N–H and O–H groups in total. The second-order valence-electron chi connectivity index (χ2n) is 3.64. The lowest BCUT2D eigenvalue weighted by Crippen LogP contribution is -2.09. The molecule has 144 valence electrons. The Morgan fingerprint density at radius 3 is 1.15 bits per heavy atom. The van der Waals surface area contributed by atoms with Gasteiger partial charge in [0.15, 0.2) is 0 Å². The van der Waals surface area contributed by atoms with E-state index in [9.17, 15) is 5.11 Å². The van der Waals surface area contributed by atoms with E-state index in [1.165, 1.54) is 20.9 Å². The van der Waals surface area contributed by atoms with Gasteiger partial charge in [0, 0.05) is 52.2 Å². The van der Waals surface area contributed by atoms with Crippen LogP contribution in [0.4, 0.5) is 0 Å². The minimum atomic E-state index is -1.02. The molecule has 0 spiro atoms. The standard InChI is InChI=1S/C4H11N20O2P/c1-4(2,25)27-26-24-23-22-21-20-19-18-17-16-15-14-13-12-11-10-9-8-7-6-5-3/h25,27H,1-3H3. The smallest absolute Gasteiger partial charge is 0.141 e. The molecule has 0 saturated heterocycles. The van der Waals surface area contributed by atoms with Gasteiger partial charge in [-0.2, -0.15) is 5.11 Å². The predicted octanol–water partition coefficient (Wildman–Crippen LogP) is 4.63. The summed E-state index contributed by atoms with van der Waals surface area (Å²) < 4.78 is 4.61. The fraction of sp³-hybridized carbons (Fsp3) is 1.00. The summed E-state index contributed by atoms with van der Waals surface area (Å²) in [5.41, 5.74) is 0. The molecule has 1 unspecified atom stereocenters. The van der Waals surface area contributed by atoms with Crippen LogP contribution in [0.5, 0.6) is 0 Å². The highest BCUT2D eigenvalue weighted by atomic mass is 31.1. The third kappa shape index (κ3) is 22.2. The summed E-state index contributed by atoms with van der Waals surface area (Å²) in [7, 11) is 1.08. The molecule has 22 nitrogen and oxygen atoms in total. The van der Waals surface area contributed by atoms with Gasteiger partial charge in [-0.15, -0.1) is 0 Å². The molecule has 23 heteroatoms. The van der Waals surface area contributed by atoms with Crippen molar-refractivity contribution in [3.8, 4) is 0 Å². The van der Waals surface area contributed by atoms with Crippen molar-refractivity contribution >= 4 is 8.81 Å². The Labute approximate surface area is 150 Å². The Morgan fingerprint density at radius 1 is 0.556 bits per heavy atom. The molecular weight excluding hydrogens is 391 g/mol. The fourth-order valence-corrected chi connectivity index (χ4v) is 0.794. The first kappa shape index (κ1) is 23.2. The predicted molar refractivity (Wildman–Crippen MR) is 80.2 cm³/mol. The molecule has 0 heterocycles. The average molecular weight is 402 g/mol. The SMILES string of the molecule is CN=NN=NN=NN=NN=NN=NN=NN=NN=NN=NOPC(C)(C)O. The van der Waals surface area contributed by atoms with Gasteiger partial charge in [-0.25, -0.2) is 0 Å². The van der Waals surface area contributed by atoms with Crippen LogP contribution in [0.25, 0.3) is 0 Å². The van der Waals surface area contributed by atoms with Crippen molar-refractivity contribution in [2.45, 2.75) is 19.2 Å². The maximum Gasteiger partial charge on any atom is 0.141 e. The number of hydrogen-bond acceptors (Lipinski definition) is 4. The zero-order chi connectivity index (χ0) is 20.1. The summed E-state index contributed by atoms with van der Waals surface area (Å²) in [6, 6.07) is 0. The highest BCUT2D eigenvalue weighted by Crippen LogP contribution is 2.29. The zero-order valence-corrected chi connectivity index (χ0v) is 14.8. The topological polar surface area (TPSA) is 277 Å². The van der Waals surface area contributed by atoms with Crippen LogP contribution >= 0.6 is 8.81 Å². The molecule has 0 aromatic carbocycles. The van der Waals surface area contributed by atoms with E-state index >= 15 is 0 Å². The summed E-state index contributed by atoms with van der Waals surface area (Å²) in [6.07, 6.45) is 0. The van der Waals surface area contributed by atoms with Gasteiger partial charge in [0.1, 0.15) is 14.1 Å². The monoisotopic (exact) mass is 402 g/mol. The number of aliphatic hydroxyl groups is 1. The third-order valence-electron chi connectivity index (χ3n) is 1.14. The van der Waals surface area contributed by atoms with Gasteiger partial charge >= 0.3 is 0 Å². The molecule has 0 aromatic rings. The third-order valence-corrected chi connectivity index (χ3v) is 1.81. The minimum absolute atomic E-state index is 0.318. The Bertz CT molecular complexity index is 662. The van der Waals surface area contributed by atoms with Crippen molar-refractivity contribution in [3.05, 3.63) is 0 Å². The second-order valence-corrected chi connectivity index (χ2v) is 5.25. The Kier molecular flexibility index (Phi) is 14.6. The highest BCUT2D eigenvalue weighted by molar-refractivity contribution is 7.33. The molecule has 0 saturated carbocycles. The summed E-state index contributed by atoms with van der Waals surface area (Å²) >= 11 is 0. The van der Waals surface area contributed by atoms with Crippen molar-refractivity contribution in [1.29, 1.82) is 0 Å². The van der Waals surface area contributed by atoms with Crippen molar-refractivity contribution in [3.63, 3.8) is 0 Å². The summed E-state index contributed by atoms with van der Waals surface area (Å²) in [5, 5.41) is 69.4. The average Bonchev–Trinajstić information content (AvgIpc) is 2.62. The van der Waals surface area contributed by atoms with Gasteiger partial charge in [-0.05, 0) is 55.6 Å². The van der Waals surface area contributed by atoms with Crippen molar-refractivity contribution < 1.29 is 9.73 Å². The molecule has 0 aliphatic rings. The van der Waals surface area contributed by atoms with Gasteiger partial charge < -0.3 is 9.73 Å². The van der Waals surface area contributed by atoms with E-state index in [1.54, 1.807) is 0 Å². The normalized spacial score (nSPS) is 15.3. The molecule has 0 radical (unpaired) electrons. The molecule has 0 fully saturated rings. The van der Waals surface area contributed by atoms with Gasteiger partial charge in [0.25, 0.3) is 0 Å². The van der Waals surface area contributed by atoms with Crippen LogP contribution in [-0.2, 0) is 4.62 Å². The lowest BCUT2D eigenvalue weighted by atomic mass is 10.5. The van der Waals surface area contributed by atoms with E-state index in [0.717, 1.165) is 0 Å². The first-order valence-electron chi connectivity index (χ1n) is 6.11. The van der Waals surface area contributed by atoms with Gasteiger partial charge in [-0.1, -0.05) is 0 Å². The Hall–Kier alpha value is -3.81. The zero-order valence-electron chi connectivity index (χ0n) is 13.8. The molecule has 0 bridgehead atoms. The first-order chi connectivity index (χ1) is 13.1. The maximum absolute atomic E-state index is 9.29. The fourth-order valence-electron chi connectivity index (χ4n) is 0.493. The van der Waals surface area contributed by atoms with Crippen molar-refractivity contribution in [2.24, 2.45) is 104 Å². The molecule has 0 aromatic heterocycles. The van der Waals surface area contributed by atoms with Gasteiger partial charge in [-0.3, -0.25) is 0 Å². The number of nitrogens with zero attached hydrogens (tertiary/aromatic N) is 20. The summed E-state index contributed by atoms with van der Waals surface area (Å²) in [6.45, 7) is 3.07. The Balaban J connectivity index is 3.90. The molecule has 1 atom stereocenters. The largest absolute Gasteiger partial charge is 0.383 e. The van der Waals surface area contributed by atoms with Crippen LogP contribution < -0.4 is 0 Å². The maximum atomic E-state index is 9.29. The van der Waals surface area contributed by atoms with Crippen LogP contribution in [0.1, 0.15) is 13.8 Å². The molecule has 0 aliphatic carbocycles. The minimum Gasteiger partial charge on any atom is -0.383 e. The lowest BCUT2D eigenvalue weighted by molar-refractivity contribution is 0.157. The molecule has 27 heavy (non-hydrogen) atoms. The molecule has 0 amide bonds. The van der Waals surface area contributed by atoms with E-state index in [4.69, 9.17) is 0 Å². The quantitative estimate of drug-likeness (QED) is 0.277. The van der Waals surface area contributed by atoms with Crippen LogP contribution in [0.15, 0.2) is 104 Å². The summed E-state index contributed by atoms with van der Waals surface area (Å²) in [4.78, 5) is 0. The van der Waals surface area contributed by atoms with Gasteiger partial charge in [0.2, 0.25) is 0 Å². The van der Waals surface area contributed by atoms with E-state index in [0.29, 0.717) is 0 Å². The van der Waals surface area contributed by atoms with Crippen molar-refractivity contribution in [1.82, 2.24) is 0 Å². The first-order valence-corrected chi connectivity index (χ1v) is 7.02. The van der Waals surface area contributed by atoms with Crippen LogP contribution in [0.3, 0.4) is 0 Å². The molecular formula is C4H11N20O2P. The summed E-state index contributed by atoms with van der Waals surface area (Å²) in [5.74, 6) is 0. The highest BCUT2D eigenvalue weighted by Gasteiger charge is 2.13. The number of hydrogen-bond donors (Lipinski definition) is 1. The van der Waals surface area contributed by atoms with E-state index < -0.39 is 5.34 Å². The second kappa shape index (κ2) is 17.0. The Morgan fingerprint density at radius 2 is 0.852 bits per heavy atom. The van der Waals surface area contributed by atoms with E-state index in [-0.39, 0.29) is 8.81 Å². The van der Waals surface area contributed by atoms with E-state index in [1.807, 2.05) is 0 Å². The number of rotatable bonds is 12. The molecule has 0 aliphatic heterocycles. The lowest BCUT2D eigenvalue weighted by Gasteiger charge is -2.12. The van der Waals surface area contributed by atoms with E-state index in [2.05, 4.69) is 109 Å².